The van der Waals surface area contributed by atoms with E-state index in [1.54, 1.807) is 0 Å². The van der Waals surface area contributed by atoms with Crippen molar-refractivity contribution in [2.24, 2.45) is 0 Å². The lowest BCUT2D eigenvalue weighted by Gasteiger charge is -2.24. The lowest BCUT2D eigenvalue weighted by atomic mass is 10.2. The van der Waals surface area contributed by atoms with E-state index in [-0.39, 0.29) is 18.5 Å². The molecule has 0 spiro atoms. The predicted octanol–water partition coefficient (Wildman–Crippen LogP) is 3.80. The van der Waals surface area contributed by atoms with Crippen molar-refractivity contribution in [2.45, 2.75) is 57.3 Å². The molecular formula is C20H24F3N5O. The third kappa shape index (κ3) is 4.44. The maximum Gasteiger partial charge on any atom is 0.416 e. The van der Waals surface area contributed by atoms with Crippen LogP contribution in [0.3, 0.4) is 0 Å². The first-order valence-electron chi connectivity index (χ1n) is 10.0. The Labute approximate surface area is 167 Å². The van der Waals surface area contributed by atoms with Crippen molar-refractivity contribution in [1.29, 1.82) is 0 Å². The zero-order valence-electron chi connectivity index (χ0n) is 16.1. The van der Waals surface area contributed by atoms with Crippen LogP contribution in [-0.2, 0) is 23.9 Å². The molecule has 1 atom stereocenters. The Morgan fingerprint density at radius 3 is 2.62 bits per heavy atom. The fourth-order valence-corrected chi connectivity index (χ4v) is 4.19. The molecule has 1 fully saturated rings. The van der Waals surface area contributed by atoms with Crippen LogP contribution in [0.25, 0.3) is 0 Å². The molecule has 9 heteroatoms. The first kappa shape index (κ1) is 19.9. The largest absolute Gasteiger partial charge is 0.416 e. The Kier molecular flexibility index (Phi) is 5.58. The molecule has 0 saturated carbocycles. The quantitative estimate of drug-likeness (QED) is 0.838. The number of carbonyl (C=O) groups excluding carboxylic acids is 1. The van der Waals surface area contributed by atoms with Crippen LogP contribution in [0.5, 0.6) is 0 Å². The maximum atomic E-state index is 12.7. The number of halogens is 3. The molecule has 1 saturated heterocycles. The highest BCUT2D eigenvalue weighted by atomic mass is 19.4. The van der Waals surface area contributed by atoms with Gasteiger partial charge in [-0.3, -0.25) is 9.69 Å². The molecule has 2 aliphatic heterocycles. The molecule has 2 aromatic rings. The number of nitrogens with one attached hydrogen (secondary N) is 1. The minimum Gasteiger partial charge on any atom is -0.325 e. The molecule has 0 bridgehead atoms. The monoisotopic (exact) mass is 407 g/mol. The highest BCUT2D eigenvalue weighted by Gasteiger charge is 2.33. The zero-order chi connectivity index (χ0) is 20.4. The first-order valence-corrected chi connectivity index (χ1v) is 10.0. The van der Waals surface area contributed by atoms with Crippen LogP contribution in [0.1, 0.15) is 55.4 Å². The summed E-state index contributed by atoms with van der Waals surface area (Å²) in [6.45, 7) is 1.88. The van der Waals surface area contributed by atoms with E-state index in [2.05, 4.69) is 25.0 Å². The number of likely N-dealkylation sites (tertiary alicyclic amines) is 1. The summed E-state index contributed by atoms with van der Waals surface area (Å²) in [5.41, 5.74) is -0.377. The van der Waals surface area contributed by atoms with E-state index in [1.807, 2.05) is 0 Å². The Bertz CT molecular complexity index is 862. The van der Waals surface area contributed by atoms with E-state index in [9.17, 15) is 18.0 Å². The molecule has 0 radical (unpaired) electrons. The molecule has 1 N–H and O–H groups in total. The van der Waals surface area contributed by atoms with Gasteiger partial charge >= 0.3 is 6.18 Å². The van der Waals surface area contributed by atoms with E-state index in [4.69, 9.17) is 0 Å². The molecule has 156 valence electrons. The van der Waals surface area contributed by atoms with E-state index in [1.165, 1.54) is 18.6 Å². The standard InChI is InChI=1S/C20H24F3N5O/c21-20(22,23)14-7-9-15(10-8-14)24-18(29)13-27-11-4-5-16(27)19-26-25-17-6-2-1-3-12-28(17)19/h7-10,16H,1-6,11-13H2,(H,24,29). The van der Waals surface area contributed by atoms with Crippen molar-refractivity contribution in [1.82, 2.24) is 19.7 Å². The summed E-state index contributed by atoms with van der Waals surface area (Å²) in [5.74, 6) is 1.72. The van der Waals surface area contributed by atoms with Gasteiger partial charge in [0.2, 0.25) is 5.91 Å². The van der Waals surface area contributed by atoms with Crippen LogP contribution in [0.4, 0.5) is 18.9 Å². The predicted molar refractivity (Wildman–Crippen MR) is 101 cm³/mol. The first-order chi connectivity index (χ1) is 13.9. The van der Waals surface area contributed by atoms with Crippen LogP contribution in [0, 0.1) is 0 Å². The zero-order valence-corrected chi connectivity index (χ0v) is 16.1. The van der Waals surface area contributed by atoms with Crippen molar-refractivity contribution >= 4 is 11.6 Å². The third-order valence-corrected chi connectivity index (χ3v) is 5.64. The highest BCUT2D eigenvalue weighted by Crippen LogP contribution is 2.32. The fraction of sp³-hybridized carbons (Fsp3) is 0.550. The fourth-order valence-electron chi connectivity index (χ4n) is 4.19. The summed E-state index contributed by atoms with van der Waals surface area (Å²) >= 11 is 0. The number of anilines is 1. The van der Waals surface area contributed by atoms with Crippen molar-refractivity contribution in [3.05, 3.63) is 41.5 Å². The molecule has 3 heterocycles. The number of carbonyl (C=O) groups is 1. The van der Waals surface area contributed by atoms with Crippen LogP contribution < -0.4 is 5.32 Å². The number of alkyl halides is 3. The molecular weight excluding hydrogens is 383 g/mol. The summed E-state index contributed by atoms with van der Waals surface area (Å²) in [4.78, 5) is 14.6. The van der Waals surface area contributed by atoms with Gasteiger partial charge in [-0.2, -0.15) is 13.2 Å². The Morgan fingerprint density at radius 1 is 1.07 bits per heavy atom. The number of benzene rings is 1. The van der Waals surface area contributed by atoms with E-state index in [0.717, 1.165) is 69.0 Å². The van der Waals surface area contributed by atoms with Crippen molar-refractivity contribution in [3.63, 3.8) is 0 Å². The van der Waals surface area contributed by atoms with E-state index in [0.29, 0.717) is 5.69 Å². The van der Waals surface area contributed by atoms with Gasteiger partial charge in [0.1, 0.15) is 11.6 Å². The second-order valence-electron chi connectivity index (χ2n) is 7.69. The molecule has 6 nitrogen and oxygen atoms in total. The van der Waals surface area contributed by atoms with Gasteiger partial charge in [0.15, 0.2) is 0 Å². The van der Waals surface area contributed by atoms with Crippen molar-refractivity contribution in [3.8, 4) is 0 Å². The molecule has 4 rings (SSSR count). The highest BCUT2D eigenvalue weighted by molar-refractivity contribution is 5.92. The van der Waals surface area contributed by atoms with E-state index >= 15 is 0 Å². The number of hydrogen-bond acceptors (Lipinski definition) is 4. The van der Waals surface area contributed by atoms with Gasteiger partial charge in [0.25, 0.3) is 0 Å². The van der Waals surface area contributed by atoms with Gasteiger partial charge in [0.05, 0.1) is 18.2 Å². The molecule has 1 aromatic heterocycles. The average Bonchev–Trinajstić information content (AvgIpc) is 3.21. The normalized spacial score (nSPS) is 20.3. The second kappa shape index (κ2) is 8.14. The van der Waals surface area contributed by atoms with E-state index < -0.39 is 11.7 Å². The summed E-state index contributed by atoms with van der Waals surface area (Å²) in [6, 6.07) is 4.55. The lowest BCUT2D eigenvalue weighted by Crippen LogP contribution is -2.34. The molecule has 2 aliphatic rings. The smallest absolute Gasteiger partial charge is 0.325 e. The molecule has 1 amide bonds. The number of amides is 1. The van der Waals surface area contributed by atoms with Crippen LogP contribution >= 0.6 is 0 Å². The minimum absolute atomic E-state index is 0.0488. The van der Waals surface area contributed by atoms with Gasteiger partial charge in [-0.05, 0) is 56.5 Å². The Balaban J connectivity index is 1.41. The van der Waals surface area contributed by atoms with Gasteiger partial charge < -0.3 is 9.88 Å². The van der Waals surface area contributed by atoms with Crippen LogP contribution in [-0.4, -0.2) is 38.7 Å². The van der Waals surface area contributed by atoms with Gasteiger partial charge in [-0.1, -0.05) is 6.42 Å². The topological polar surface area (TPSA) is 63.1 Å². The summed E-state index contributed by atoms with van der Waals surface area (Å²) in [5, 5.41) is 11.5. The number of hydrogen-bond donors (Lipinski definition) is 1. The van der Waals surface area contributed by atoms with Gasteiger partial charge in [-0.15, -0.1) is 10.2 Å². The van der Waals surface area contributed by atoms with Gasteiger partial charge in [-0.25, -0.2) is 0 Å². The lowest BCUT2D eigenvalue weighted by molar-refractivity contribution is -0.137. The second-order valence-corrected chi connectivity index (χ2v) is 7.69. The maximum absolute atomic E-state index is 12.7. The van der Waals surface area contributed by atoms with Crippen molar-refractivity contribution in [2.75, 3.05) is 18.4 Å². The SMILES string of the molecule is O=C(CN1CCCC1c1nnc2n1CCCCC2)Nc1ccc(C(F)(F)F)cc1. The third-order valence-electron chi connectivity index (χ3n) is 5.64. The summed E-state index contributed by atoms with van der Waals surface area (Å²) < 4.78 is 40.2. The van der Waals surface area contributed by atoms with Crippen molar-refractivity contribution < 1.29 is 18.0 Å². The number of fused-ring (bicyclic) bond motifs is 1. The summed E-state index contributed by atoms with van der Waals surface area (Å²) in [7, 11) is 0. The molecule has 1 unspecified atom stereocenters. The molecule has 1 aromatic carbocycles. The van der Waals surface area contributed by atoms with Crippen LogP contribution in [0.15, 0.2) is 24.3 Å². The number of aryl methyl sites for hydroxylation is 1. The molecule has 29 heavy (non-hydrogen) atoms. The minimum atomic E-state index is -4.39. The average molecular weight is 407 g/mol. The molecule has 0 aliphatic carbocycles. The number of aromatic nitrogens is 3. The summed E-state index contributed by atoms with van der Waals surface area (Å²) in [6.07, 6.45) is 1.87. The number of rotatable bonds is 4. The van der Waals surface area contributed by atoms with Gasteiger partial charge in [0, 0.05) is 18.7 Å². The Hall–Kier alpha value is -2.42. The Morgan fingerprint density at radius 2 is 1.86 bits per heavy atom. The van der Waals surface area contributed by atoms with Crippen LogP contribution in [0.2, 0.25) is 0 Å². The number of nitrogens with zero attached hydrogens (tertiary/aromatic N) is 4.